The highest BCUT2D eigenvalue weighted by molar-refractivity contribution is 6.02. The zero-order valence-electron chi connectivity index (χ0n) is 12.0. The standard InChI is InChI=1S/C15H21N3O2/c1-17-7-5-10(6-8-17)18(2)11-3-4-12-13(9-11)16-15(20)14(12)19/h3-4,9-10,14,19H,5-8H2,1-2H3,(H,16,20). The van der Waals surface area contributed by atoms with Crippen molar-refractivity contribution in [1.82, 2.24) is 4.90 Å². The summed E-state index contributed by atoms with van der Waals surface area (Å²) in [5.41, 5.74) is 2.50. The number of piperidine rings is 1. The van der Waals surface area contributed by atoms with E-state index in [0.29, 0.717) is 11.6 Å². The third-order valence-corrected chi connectivity index (χ3v) is 4.48. The molecule has 0 spiro atoms. The van der Waals surface area contributed by atoms with Crippen molar-refractivity contribution < 1.29 is 9.90 Å². The van der Waals surface area contributed by atoms with Crippen molar-refractivity contribution in [3.63, 3.8) is 0 Å². The van der Waals surface area contributed by atoms with E-state index in [0.717, 1.165) is 37.3 Å². The van der Waals surface area contributed by atoms with Gasteiger partial charge in [0.2, 0.25) is 0 Å². The van der Waals surface area contributed by atoms with E-state index in [9.17, 15) is 9.90 Å². The lowest BCUT2D eigenvalue weighted by Crippen LogP contribution is -2.41. The second-order valence-electron chi connectivity index (χ2n) is 5.81. The highest BCUT2D eigenvalue weighted by atomic mass is 16.3. The molecule has 5 nitrogen and oxygen atoms in total. The van der Waals surface area contributed by atoms with E-state index in [1.54, 1.807) is 0 Å². The molecule has 2 aliphatic heterocycles. The van der Waals surface area contributed by atoms with Gasteiger partial charge < -0.3 is 20.2 Å². The number of rotatable bonds is 2. The van der Waals surface area contributed by atoms with Gasteiger partial charge in [0.15, 0.2) is 6.10 Å². The number of aliphatic hydroxyl groups excluding tert-OH is 1. The van der Waals surface area contributed by atoms with Gasteiger partial charge in [-0.15, -0.1) is 0 Å². The van der Waals surface area contributed by atoms with Crippen molar-refractivity contribution in [2.75, 3.05) is 37.4 Å². The first-order chi connectivity index (χ1) is 9.56. The van der Waals surface area contributed by atoms with Gasteiger partial charge in [0, 0.05) is 30.0 Å². The zero-order chi connectivity index (χ0) is 14.3. The van der Waals surface area contributed by atoms with Crippen LogP contribution in [0.2, 0.25) is 0 Å². The van der Waals surface area contributed by atoms with E-state index in [1.807, 2.05) is 18.2 Å². The normalized spacial score (nSPS) is 23.6. The van der Waals surface area contributed by atoms with Crippen molar-refractivity contribution in [2.24, 2.45) is 0 Å². The summed E-state index contributed by atoms with van der Waals surface area (Å²) in [4.78, 5) is 16.1. The summed E-state index contributed by atoms with van der Waals surface area (Å²) in [6.45, 7) is 2.24. The van der Waals surface area contributed by atoms with E-state index in [1.165, 1.54) is 0 Å². The first kappa shape index (κ1) is 13.4. The molecule has 2 heterocycles. The molecule has 0 aliphatic carbocycles. The fourth-order valence-electron chi connectivity index (χ4n) is 3.05. The largest absolute Gasteiger partial charge is 0.378 e. The van der Waals surface area contributed by atoms with Crippen LogP contribution in [0.5, 0.6) is 0 Å². The Morgan fingerprint density at radius 2 is 2.05 bits per heavy atom. The number of carbonyl (C=O) groups excluding carboxylic acids is 1. The minimum absolute atomic E-state index is 0.334. The van der Waals surface area contributed by atoms with Gasteiger partial charge in [0.1, 0.15) is 0 Å². The number of fused-ring (bicyclic) bond motifs is 1. The Kier molecular flexibility index (Phi) is 3.40. The van der Waals surface area contributed by atoms with Crippen LogP contribution in [-0.2, 0) is 4.79 Å². The molecule has 0 aromatic heterocycles. The van der Waals surface area contributed by atoms with Gasteiger partial charge in [-0.1, -0.05) is 6.07 Å². The number of anilines is 2. The second kappa shape index (κ2) is 5.07. The van der Waals surface area contributed by atoms with Crippen molar-refractivity contribution >= 4 is 17.3 Å². The van der Waals surface area contributed by atoms with Gasteiger partial charge in [-0.3, -0.25) is 4.79 Å². The Balaban J connectivity index is 1.78. The van der Waals surface area contributed by atoms with Crippen LogP contribution in [0.3, 0.4) is 0 Å². The predicted octanol–water partition coefficient (Wildman–Crippen LogP) is 1.20. The summed E-state index contributed by atoms with van der Waals surface area (Å²) in [7, 11) is 4.26. The number of nitrogens with one attached hydrogen (secondary N) is 1. The maximum atomic E-state index is 11.5. The molecule has 108 valence electrons. The Hall–Kier alpha value is -1.59. The maximum Gasteiger partial charge on any atom is 0.257 e. The van der Waals surface area contributed by atoms with E-state index >= 15 is 0 Å². The molecular weight excluding hydrogens is 254 g/mol. The monoisotopic (exact) mass is 275 g/mol. The fraction of sp³-hybridized carbons (Fsp3) is 0.533. The second-order valence-corrected chi connectivity index (χ2v) is 5.81. The summed E-state index contributed by atoms with van der Waals surface area (Å²) in [5.74, 6) is -0.334. The van der Waals surface area contributed by atoms with Gasteiger partial charge in [-0.25, -0.2) is 0 Å². The lowest BCUT2D eigenvalue weighted by Gasteiger charge is -2.36. The smallest absolute Gasteiger partial charge is 0.257 e. The van der Waals surface area contributed by atoms with E-state index in [-0.39, 0.29) is 5.91 Å². The SMILES string of the molecule is CN1CCC(N(C)c2ccc3c(c2)NC(=O)C3O)CC1. The molecular formula is C15H21N3O2. The van der Waals surface area contributed by atoms with Crippen LogP contribution < -0.4 is 10.2 Å². The third-order valence-electron chi connectivity index (χ3n) is 4.48. The van der Waals surface area contributed by atoms with E-state index < -0.39 is 6.10 Å². The number of aliphatic hydroxyl groups is 1. The summed E-state index contributed by atoms with van der Waals surface area (Å²) < 4.78 is 0. The molecule has 20 heavy (non-hydrogen) atoms. The number of nitrogens with zero attached hydrogens (tertiary/aromatic N) is 2. The first-order valence-corrected chi connectivity index (χ1v) is 7.10. The molecule has 1 aromatic carbocycles. The number of carbonyl (C=O) groups is 1. The van der Waals surface area contributed by atoms with Crippen LogP contribution in [0.4, 0.5) is 11.4 Å². The number of hydrogen-bond acceptors (Lipinski definition) is 4. The van der Waals surface area contributed by atoms with Gasteiger partial charge >= 0.3 is 0 Å². The summed E-state index contributed by atoms with van der Waals surface area (Å²) in [6, 6.07) is 6.33. The van der Waals surface area contributed by atoms with Crippen LogP contribution in [0, 0.1) is 0 Å². The Bertz CT molecular complexity index is 524. The van der Waals surface area contributed by atoms with Gasteiger partial charge in [-0.2, -0.15) is 0 Å². The molecule has 0 bridgehead atoms. The lowest BCUT2D eigenvalue weighted by molar-refractivity contribution is -0.123. The molecule has 1 saturated heterocycles. The molecule has 2 N–H and O–H groups in total. The van der Waals surface area contributed by atoms with Crippen LogP contribution in [-0.4, -0.2) is 49.1 Å². The number of amides is 1. The van der Waals surface area contributed by atoms with Crippen molar-refractivity contribution in [2.45, 2.75) is 25.0 Å². The third kappa shape index (κ3) is 2.27. The number of hydrogen-bond donors (Lipinski definition) is 2. The number of likely N-dealkylation sites (tertiary alicyclic amines) is 1. The van der Waals surface area contributed by atoms with E-state index in [4.69, 9.17) is 0 Å². The van der Waals surface area contributed by atoms with Gasteiger partial charge in [-0.05, 0) is 45.1 Å². The highest BCUT2D eigenvalue weighted by Crippen LogP contribution is 2.34. The van der Waals surface area contributed by atoms with Crippen molar-refractivity contribution in [1.29, 1.82) is 0 Å². The number of benzene rings is 1. The average molecular weight is 275 g/mol. The molecule has 1 atom stereocenters. The highest BCUT2D eigenvalue weighted by Gasteiger charge is 2.29. The molecule has 0 radical (unpaired) electrons. The van der Waals surface area contributed by atoms with E-state index in [2.05, 4.69) is 29.2 Å². The van der Waals surface area contributed by atoms with Crippen LogP contribution >= 0.6 is 0 Å². The molecule has 1 fully saturated rings. The van der Waals surface area contributed by atoms with Gasteiger partial charge in [0.05, 0.1) is 0 Å². The summed E-state index contributed by atoms with van der Waals surface area (Å²) in [5, 5.41) is 12.5. The minimum atomic E-state index is -1.02. The van der Waals surface area contributed by atoms with Crippen molar-refractivity contribution in [3.8, 4) is 0 Å². The quantitative estimate of drug-likeness (QED) is 0.851. The zero-order valence-corrected chi connectivity index (χ0v) is 12.0. The molecule has 1 unspecified atom stereocenters. The fourth-order valence-corrected chi connectivity index (χ4v) is 3.05. The van der Waals surface area contributed by atoms with Crippen molar-refractivity contribution in [3.05, 3.63) is 23.8 Å². The molecule has 5 heteroatoms. The maximum absolute atomic E-state index is 11.5. The first-order valence-electron chi connectivity index (χ1n) is 7.10. The van der Waals surface area contributed by atoms with Crippen LogP contribution in [0.1, 0.15) is 24.5 Å². The molecule has 3 rings (SSSR count). The lowest BCUT2D eigenvalue weighted by atomic mass is 10.0. The molecule has 0 saturated carbocycles. The minimum Gasteiger partial charge on any atom is -0.378 e. The molecule has 1 amide bonds. The van der Waals surface area contributed by atoms with Crippen LogP contribution in [0.25, 0.3) is 0 Å². The predicted molar refractivity (Wildman–Crippen MR) is 79.0 cm³/mol. The average Bonchev–Trinajstić information content (AvgIpc) is 2.74. The topological polar surface area (TPSA) is 55.8 Å². The van der Waals surface area contributed by atoms with Gasteiger partial charge in [0.25, 0.3) is 5.91 Å². The summed E-state index contributed by atoms with van der Waals surface area (Å²) in [6.07, 6.45) is 1.28. The Morgan fingerprint density at radius 3 is 2.75 bits per heavy atom. The van der Waals surface area contributed by atoms with Crippen LogP contribution in [0.15, 0.2) is 18.2 Å². The molecule has 2 aliphatic rings. The molecule has 1 aromatic rings. The summed E-state index contributed by atoms with van der Waals surface area (Å²) >= 11 is 0. The Morgan fingerprint density at radius 1 is 1.35 bits per heavy atom. The Labute approximate surface area is 119 Å².